The molecule has 3 aliphatic rings. The zero-order valence-corrected chi connectivity index (χ0v) is 17.0. The van der Waals surface area contributed by atoms with Crippen molar-refractivity contribution in [1.29, 1.82) is 0 Å². The van der Waals surface area contributed by atoms with Crippen LogP contribution in [0, 0.1) is 0 Å². The lowest BCUT2D eigenvalue weighted by molar-refractivity contribution is 0.0604. The molecule has 1 unspecified atom stereocenters. The van der Waals surface area contributed by atoms with Gasteiger partial charge in [0.15, 0.2) is 22.6 Å². The van der Waals surface area contributed by atoms with Gasteiger partial charge in [-0.05, 0) is 31.0 Å². The number of carbonyl (C=O) groups excluding carboxylic acids is 3. The van der Waals surface area contributed by atoms with Crippen molar-refractivity contribution >= 4 is 28.6 Å². The van der Waals surface area contributed by atoms with Crippen molar-refractivity contribution in [3.63, 3.8) is 0 Å². The number of amides is 1. The highest BCUT2D eigenvalue weighted by Gasteiger charge is 2.54. The molecule has 0 spiro atoms. The maximum absolute atomic E-state index is 13.0. The molecule has 30 heavy (non-hydrogen) atoms. The predicted octanol–water partition coefficient (Wildman–Crippen LogP) is 1.93. The minimum absolute atomic E-state index is 0.202. The zero-order chi connectivity index (χ0) is 21.0. The van der Waals surface area contributed by atoms with Crippen molar-refractivity contribution in [3.8, 4) is 0 Å². The SMILES string of the molecule is O=C1c2ccccc2C(=O)c2cc(C(=O)N3CCN(C4(S(=O)O)CC4)CC3)ccc21. The van der Waals surface area contributed by atoms with Gasteiger partial charge in [0, 0.05) is 54.0 Å². The summed E-state index contributed by atoms with van der Waals surface area (Å²) in [6.07, 6.45) is 1.40. The molecule has 1 atom stereocenters. The van der Waals surface area contributed by atoms with E-state index in [0.29, 0.717) is 61.3 Å². The summed E-state index contributed by atoms with van der Waals surface area (Å²) in [5, 5.41) is 0. The van der Waals surface area contributed by atoms with Crippen LogP contribution >= 0.6 is 0 Å². The van der Waals surface area contributed by atoms with Gasteiger partial charge in [0.2, 0.25) is 0 Å². The second-order valence-electron chi connectivity index (χ2n) is 7.94. The normalized spacial score (nSPS) is 21.0. The Morgan fingerprint density at radius 3 is 2.00 bits per heavy atom. The summed E-state index contributed by atoms with van der Waals surface area (Å²) in [5.41, 5.74) is 1.70. The second kappa shape index (κ2) is 6.94. The molecule has 5 rings (SSSR count). The maximum Gasteiger partial charge on any atom is 0.253 e. The molecule has 1 amide bonds. The fourth-order valence-corrected chi connectivity index (χ4v) is 5.30. The number of benzene rings is 2. The first-order valence-corrected chi connectivity index (χ1v) is 11.0. The van der Waals surface area contributed by atoms with E-state index in [1.807, 2.05) is 4.90 Å². The van der Waals surface area contributed by atoms with Crippen LogP contribution in [0.25, 0.3) is 0 Å². The molecule has 0 bridgehead atoms. The summed E-state index contributed by atoms with van der Waals surface area (Å²) in [6, 6.07) is 11.4. The second-order valence-corrected chi connectivity index (χ2v) is 9.20. The molecule has 1 aliphatic heterocycles. The van der Waals surface area contributed by atoms with Gasteiger partial charge in [-0.15, -0.1) is 0 Å². The van der Waals surface area contributed by atoms with Crippen molar-refractivity contribution < 1.29 is 23.1 Å². The molecule has 1 heterocycles. The number of hydrogen-bond donors (Lipinski definition) is 1. The highest BCUT2D eigenvalue weighted by molar-refractivity contribution is 7.81. The molecule has 2 aliphatic carbocycles. The topological polar surface area (TPSA) is 95.0 Å². The van der Waals surface area contributed by atoms with Gasteiger partial charge in [0.25, 0.3) is 5.91 Å². The molecule has 7 nitrogen and oxygen atoms in total. The number of ketones is 2. The van der Waals surface area contributed by atoms with Gasteiger partial charge in [0.1, 0.15) is 4.87 Å². The first-order chi connectivity index (χ1) is 14.4. The number of piperazine rings is 1. The average molecular weight is 424 g/mol. The Morgan fingerprint density at radius 2 is 1.43 bits per heavy atom. The average Bonchev–Trinajstić information content (AvgIpc) is 3.59. The Labute approximate surface area is 176 Å². The minimum atomic E-state index is -1.89. The minimum Gasteiger partial charge on any atom is -0.336 e. The Balaban J connectivity index is 1.36. The van der Waals surface area contributed by atoms with Crippen LogP contribution in [0.1, 0.15) is 55.0 Å². The molecular weight excluding hydrogens is 404 g/mol. The summed E-state index contributed by atoms with van der Waals surface area (Å²) >= 11 is -1.89. The number of hydrogen-bond acceptors (Lipinski definition) is 5. The van der Waals surface area contributed by atoms with Gasteiger partial charge in [-0.25, -0.2) is 4.21 Å². The van der Waals surface area contributed by atoms with Gasteiger partial charge in [0.05, 0.1) is 0 Å². The van der Waals surface area contributed by atoms with Crippen LogP contribution in [-0.4, -0.2) is 67.1 Å². The van der Waals surface area contributed by atoms with Crippen LogP contribution < -0.4 is 0 Å². The van der Waals surface area contributed by atoms with E-state index in [2.05, 4.69) is 0 Å². The monoisotopic (exact) mass is 424 g/mol. The lowest BCUT2D eigenvalue weighted by Gasteiger charge is -2.38. The molecule has 1 saturated carbocycles. The van der Waals surface area contributed by atoms with Crippen LogP contribution in [0.5, 0.6) is 0 Å². The van der Waals surface area contributed by atoms with Crippen LogP contribution in [0.4, 0.5) is 0 Å². The van der Waals surface area contributed by atoms with E-state index in [1.165, 1.54) is 6.07 Å². The molecule has 8 heteroatoms. The van der Waals surface area contributed by atoms with Crippen LogP contribution in [0.15, 0.2) is 42.5 Å². The van der Waals surface area contributed by atoms with Gasteiger partial charge in [-0.2, -0.15) is 0 Å². The highest BCUT2D eigenvalue weighted by atomic mass is 32.2. The van der Waals surface area contributed by atoms with Gasteiger partial charge >= 0.3 is 0 Å². The molecule has 0 radical (unpaired) electrons. The summed E-state index contributed by atoms with van der Waals surface area (Å²) in [6.45, 7) is 1.97. The van der Waals surface area contributed by atoms with Crippen LogP contribution in [0.3, 0.4) is 0 Å². The quantitative estimate of drug-likeness (QED) is 0.646. The van der Waals surface area contributed by atoms with E-state index in [0.717, 1.165) is 0 Å². The zero-order valence-electron chi connectivity index (χ0n) is 16.2. The fraction of sp³-hybridized carbons (Fsp3) is 0.318. The molecule has 2 aromatic rings. The largest absolute Gasteiger partial charge is 0.336 e. The number of fused-ring (bicyclic) bond motifs is 2. The van der Waals surface area contributed by atoms with Crippen LogP contribution in [-0.2, 0) is 11.1 Å². The summed E-state index contributed by atoms with van der Waals surface area (Å²) < 4.78 is 21.2. The van der Waals surface area contributed by atoms with E-state index in [4.69, 9.17) is 0 Å². The molecule has 2 aromatic carbocycles. The fourth-order valence-electron chi connectivity index (χ4n) is 4.44. The molecular formula is C22H20N2O5S. The summed E-state index contributed by atoms with van der Waals surface area (Å²) in [7, 11) is 0. The Hall–Kier alpha value is -2.68. The Morgan fingerprint density at radius 1 is 0.867 bits per heavy atom. The number of carbonyl (C=O) groups is 3. The lowest BCUT2D eigenvalue weighted by Crippen LogP contribution is -2.54. The van der Waals surface area contributed by atoms with Gasteiger partial charge in [-0.3, -0.25) is 19.3 Å². The Bertz CT molecular complexity index is 1120. The van der Waals surface area contributed by atoms with Gasteiger partial charge in [-0.1, -0.05) is 24.3 Å². The van der Waals surface area contributed by atoms with E-state index >= 15 is 0 Å². The molecule has 1 N–H and O–H groups in total. The molecule has 2 fully saturated rings. The number of nitrogens with zero attached hydrogens (tertiary/aromatic N) is 2. The first-order valence-electron chi connectivity index (χ1n) is 9.90. The Kier molecular flexibility index (Phi) is 4.46. The standard InChI is InChI=1S/C22H20N2O5S/c25-19-15-3-1-2-4-16(15)20(26)18-13-14(5-6-17(18)19)21(27)23-9-11-24(12-10-23)22(7-8-22)30(28)29/h1-6,13H,7-12H2,(H,28,29). The molecule has 1 saturated heterocycles. The predicted molar refractivity (Wildman–Crippen MR) is 110 cm³/mol. The summed E-state index contributed by atoms with van der Waals surface area (Å²) in [5.74, 6) is -0.660. The van der Waals surface area contributed by atoms with Gasteiger partial charge < -0.3 is 9.45 Å². The first kappa shape index (κ1) is 19.3. The summed E-state index contributed by atoms with van der Waals surface area (Å²) in [4.78, 5) is 41.7. The van der Waals surface area contributed by atoms with Crippen molar-refractivity contribution in [1.82, 2.24) is 9.80 Å². The van der Waals surface area contributed by atoms with E-state index in [1.54, 1.807) is 41.3 Å². The van der Waals surface area contributed by atoms with E-state index < -0.39 is 16.0 Å². The third-order valence-corrected chi connectivity index (χ3v) is 7.63. The lowest BCUT2D eigenvalue weighted by atomic mass is 9.83. The van der Waals surface area contributed by atoms with Crippen molar-refractivity contribution in [2.24, 2.45) is 0 Å². The van der Waals surface area contributed by atoms with Crippen molar-refractivity contribution in [3.05, 3.63) is 70.3 Å². The van der Waals surface area contributed by atoms with Crippen molar-refractivity contribution in [2.45, 2.75) is 17.7 Å². The maximum atomic E-state index is 13.0. The third kappa shape index (κ3) is 2.86. The molecule has 154 valence electrons. The van der Waals surface area contributed by atoms with E-state index in [-0.39, 0.29) is 23.0 Å². The smallest absolute Gasteiger partial charge is 0.253 e. The van der Waals surface area contributed by atoms with Crippen LogP contribution in [0.2, 0.25) is 0 Å². The van der Waals surface area contributed by atoms with Crippen molar-refractivity contribution in [2.75, 3.05) is 26.2 Å². The van der Waals surface area contributed by atoms with E-state index in [9.17, 15) is 23.1 Å². The number of rotatable bonds is 3. The molecule has 0 aromatic heterocycles. The third-order valence-electron chi connectivity index (χ3n) is 6.32. The highest BCUT2D eigenvalue weighted by Crippen LogP contribution is 2.44.